The molecule has 114 valence electrons. The Labute approximate surface area is 136 Å². The van der Waals surface area contributed by atoms with Gasteiger partial charge in [0.05, 0.1) is 0 Å². The summed E-state index contributed by atoms with van der Waals surface area (Å²) in [7, 11) is 0. The molecule has 0 heterocycles. The van der Waals surface area contributed by atoms with Gasteiger partial charge in [0, 0.05) is 0 Å². The van der Waals surface area contributed by atoms with Gasteiger partial charge in [-0.25, -0.2) is 4.89 Å². The van der Waals surface area contributed by atoms with Crippen molar-refractivity contribution in [2.45, 2.75) is 6.10 Å². The summed E-state index contributed by atoms with van der Waals surface area (Å²) < 4.78 is 0. The van der Waals surface area contributed by atoms with E-state index in [0.717, 1.165) is 16.7 Å². The van der Waals surface area contributed by atoms with Gasteiger partial charge in [0.2, 0.25) is 0 Å². The van der Waals surface area contributed by atoms with E-state index in [0.29, 0.717) is 0 Å². The standard InChI is InChI=1S/C21H18O2/c22-23-21(16-11-17-7-3-1-4-8-17)20-14-12-19(13-15-20)18-9-5-2-6-10-18/h1-16,21-22H/b16-11+. The molecular weight excluding hydrogens is 284 g/mol. The molecule has 0 radical (unpaired) electrons. The maximum atomic E-state index is 9.19. The fourth-order valence-electron chi connectivity index (χ4n) is 2.47. The second kappa shape index (κ2) is 7.54. The second-order valence-corrected chi connectivity index (χ2v) is 5.28. The zero-order chi connectivity index (χ0) is 15.9. The van der Waals surface area contributed by atoms with Crippen molar-refractivity contribution in [3.05, 3.63) is 102 Å². The Balaban J connectivity index is 1.78. The topological polar surface area (TPSA) is 29.5 Å². The SMILES string of the molecule is OOC(/C=C/c1ccccc1)c1ccc(-c2ccccc2)cc1. The van der Waals surface area contributed by atoms with E-state index in [-0.39, 0.29) is 0 Å². The van der Waals surface area contributed by atoms with E-state index in [1.807, 2.05) is 84.9 Å². The van der Waals surface area contributed by atoms with Gasteiger partial charge in [-0.2, -0.15) is 0 Å². The van der Waals surface area contributed by atoms with Crippen molar-refractivity contribution in [3.63, 3.8) is 0 Å². The molecule has 1 unspecified atom stereocenters. The van der Waals surface area contributed by atoms with Crippen LogP contribution in [0.3, 0.4) is 0 Å². The molecule has 2 heteroatoms. The lowest BCUT2D eigenvalue weighted by atomic mass is 10.0. The summed E-state index contributed by atoms with van der Waals surface area (Å²) in [6.07, 6.45) is 3.29. The molecule has 0 bridgehead atoms. The molecule has 0 aliphatic carbocycles. The maximum absolute atomic E-state index is 9.19. The van der Waals surface area contributed by atoms with Crippen LogP contribution in [0, 0.1) is 0 Å². The number of hydrogen-bond acceptors (Lipinski definition) is 2. The Morgan fingerprint density at radius 1 is 0.696 bits per heavy atom. The first-order chi connectivity index (χ1) is 11.4. The molecule has 0 aromatic heterocycles. The second-order valence-electron chi connectivity index (χ2n) is 5.28. The van der Waals surface area contributed by atoms with Crippen LogP contribution in [0.4, 0.5) is 0 Å². The molecule has 0 saturated heterocycles. The highest BCUT2D eigenvalue weighted by Gasteiger charge is 2.08. The quantitative estimate of drug-likeness (QED) is 0.491. The number of benzene rings is 3. The van der Waals surface area contributed by atoms with Crippen molar-refractivity contribution in [1.82, 2.24) is 0 Å². The smallest absolute Gasteiger partial charge is 0.136 e. The van der Waals surface area contributed by atoms with Gasteiger partial charge < -0.3 is 0 Å². The molecule has 0 aliphatic rings. The van der Waals surface area contributed by atoms with Crippen molar-refractivity contribution in [3.8, 4) is 11.1 Å². The monoisotopic (exact) mass is 302 g/mol. The first-order valence-corrected chi connectivity index (χ1v) is 7.56. The molecule has 0 aliphatic heterocycles. The summed E-state index contributed by atoms with van der Waals surface area (Å²) in [5.74, 6) is 0. The molecular formula is C21H18O2. The summed E-state index contributed by atoms with van der Waals surface area (Å²) >= 11 is 0. The summed E-state index contributed by atoms with van der Waals surface area (Å²) in [4.78, 5) is 4.62. The van der Waals surface area contributed by atoms with Crippen molar-refractivity contribution < 1.29 is 10.1 Å². The minimum atomic E-state index is -0.486. The predicted octanol–water partition coefficient (Wildman–Crippen LogP) is 5.60. The third-order valence-electron chi connectivity index (χ3n) is 3.72. The Hall–Kier alpha value is -2.68. The highest BCUT2D eigenvalue weighted by atomic mass is 17.1. The third kappa shape index (κ3) is 3.95. The zero-order valence-electron chi connectivity index (χ0n) is 12.7. The average molecular weight is 302 g/mol. The van der Waals surface area contributed by atoms with Crippen molar-refractivity contribution in [2.24, 2.45) is 0 Å². The predicted molar refractivity (Wildman–Crippen MR) is 93.8 cm³/mol. The lowest BCUT2D eigenvalue weighted by molar-refractivity contribution is -0.268. The fourth-order valence-corrected chi connectivity index (χ4v) is 2.47. The lowest BCUT2D eigenvalue weighted by Crippen LogP contribution is -1.97. The van der Waals surface area contributed by atoms with Gasteiger partial charge in [-0.05, 0) is 28.3 Å². The molecule has 1 N–H and O–H groups in total. The van der Waals surface area contributed by atoms with Crippen LogP contribution in [0.5, 0.6) is 0 Å². The minimum absolute atomic E-state index is 0.486. The third-order valence-corrected chi connectivity index (χ3v) is 3.72. The van der Waals surface area contributed by atoms with Crippen LogP contribution in [0.25, 0.3) is 17.2 Å². The normalized spacial score (nSPS) is 12.4. The van der Waals surface area contributed by atoms with Crippen LogP contribution in [0.15, 0.2) is 91.0 Å². The molecule has 0 amide bonds. The minimum Gasteiger partial charge on any atom is -0.251 e. The van der Waals surface area contributed by atoms with Crippen LogP contribution in [0.2, 0.25) is 0 Å². The molecule has 1 atom stereocenters. The molecule has 3 aromatic carbocycles. The van der Waals surface area contributed by atoms with Crippen LogP contribution in [0.1, 0.15) is 17.2 Å². The van der Waals surface area contributed by atoms with Gasteiger partial charge in [-0.3, -0.25) is 5.26 Å². The van der Waals surface area contributed by atoms with E-state index in [1.54, 1.807) is 0 Å². The largest absolute Gasteiger partial charge is 0.251 e. The number of hydrogen-bond donors (Lipinski definition) is 1. The molecule has 0 spiro atoms. The summed E-state index contributed by atoms with van der Waals surface area (Å²) in [6.45, 7) is 0. The van der Waals surface area contributed by atoms with Gasteiger partial charge in [-0.1, -0.05) is 91.0 Å². The highest BCUT2D eigenvalue weighted by Crippen LogP contribution is 2.24. The molecule has 3 rings (SSSR count). The molecule has 23 heavy (non-hydrogen) atoms. The van der Waals surface area contributed by atoms with Crippen LogP contribution >= 0.6 is 0 Å². The van der Waals surface area contributed by atoms with Gasteiger partial charge in [0.25, 0.3) is 0 Å². The Bertz CT molecular complexity index is 747. The Kier molecular flexibility index (Phi) is 4.99. The molecule has 0 fully saturated rings. The van der Waals surface area contributed by atoms with Crippen molar-refractivity contribution in [2.75, 3.05) is 0 Å². The zero-order valence-corrected chi connectivity index (χ0v) is 12.7. The van der Waals surface area contributed by atoms with E-state index in [9.17, 15) is 5.26 Å². The van der Waals surface area contributed by atoms with Crippen LogP contribution in [-0.2, 0) is 4.89 Å². The first kappa shape index (κ1) is 15.2. The maximum Gasteiger partial charge on any atom is 0.136 e. The van der Waals surface area contributed by atoms with Crippen molar-refractivity contribution >= 4 is 6.08 Å². The van der Waals surface area contributed by atoms with Gasteiger partial charge in [0.1, 0.15) is 6.10 Å². The van der Waals surface area contributed by atoms with Gasteiger partial charge >= 0.3 is 0 Å². The Morgan fingerprint density at radius 2 is 1.26 bits per heavy atom. The van der Waals surface area contributed by atoms with E-state index < -0.39 is 6.10 Å². The highest BCUT2D eigenvalue weighted by molar-refractivity contribution is 5.63. The summed E-state index contributed by atoms with van der Waals surface area (Å²) in [6, 6.07) is 28.1. The van der Waals surface area contributed by atoms with Crippen LogP contribution < -0.4 is 0 Å². The lowest BCUT2D eigenvalue weighted by Gasteiger charge is -2.10. The van der Waals surface area contributed by atoms with Gasteiger partial charge in [-0.15, -0.1) is 0 Å². The molecule has 3 aromatic rings. The molecule has 0 saturated carbocycles. The van der Waals surface area contributed by atoms with Crippen LogP contribution in [-0.4, -0.2) is 5.26 Å². The van der Waals surface area contributed by atoms with E-state index >= 15 is 0 Å². The number of rotatable bonds is 5. The van der Waals surface area contributed by atoms with Gasteiger partial charge in [0.15, 0.2) is 0 Å². The summed E-state index contributed by atoms with van der Waals surface area (Å²) in [5.41, 5.74) is 4.27. The molecule has 2 nitrogen and oxygen atoms in total. The van der Waals surface area contributed by atoms with E-state index in [2.05, 4.69) is 17.0 Å². The first-order valence-electron chi connectivity index (χ1n) is 7.56. The van der Waals surface area contributed by atoms with E-state index in [1.165, 1.54) is 5.56 Å². The summed E-state index contributed by atoms with van der Waals surface area (Å²) in [5, 5.41) is 9.19. The van der Waals surface area contributed by atoms with Crippen molar-refractivity contribution in [1.29, 1.82) is 0 Å². The van der Waals surface area contributed by atoms with E-state index in [4.69, 9.17) is 0 Å². The average Bonchev–Trinajstić information content (AvgIpc) is 2.64. The Morgan fingerprint density at radius 3 is 1.87 bits per heavy atom. The fraction of sp³-hybridized carbons (Fsp3) is 0.0476.